The zero-order valence-electron chi connectivity index (χ0n) is 20.0. The van der Waals surface area contributed by atoms with Crippen molar-refractivity contribution in [3.63, 3.8) is 0 Å². The minimum atomic E-state index is -0.550. The van der Waals surface area contributed by atoms with Crippen molar-refractivity contribution in [2.24, 2.45) is 0 Å². The van der Waals surface area contributed by atoms with Gasteiger partial charge in [-0.25, -0.2) is 0 Å². The van der Waals surface area contributed by atoms with Gasteiger partial charge in [-0.15, -0.1) is 11.3 Å². The van der Waals surface area contributed by atoms with E-state index in [2.05, 4.69) is 19.1 Å². The van der Waals surface area contributed by atoms with Crippen LogP contribution in [0.1, 0.15) is 46.4 Å². The van der Waals surface area contributed by atoms with E-state index in [1.807, 2.05) is 62.1 Å². The summed E-state index contributed by atoms with van der Waals surface area (Å²) in [6.45, 7) is 8.86. The molecule has 5 nitrogen and oxygen atoms in total. The number of nitrogens with zero attached hydrogens (tertiary/aromatic N) is 2. The van der Waals surface area contributed by atoms with Gasteiger partial charge in [0.1, 0.15) is 12.3 Å². The van der Waals surface area contributed by atoms with Crippen molar-refractivity contribution in [3.05, 3.63) is 87.6 Å². The smallest absolute Gasteiger partial charge is 0.258 e. The summed E-state index contributed by atoms with van der Waals surface area (Å²) in [6, 6.07) is 21.2. The number of rotatable bonds is 8. The molecule has 1 heterocycles. The molecule has 0 aliphatic carbocycles. The zero-order chi connectivity index (χ0) is 24.0. The summed E-state index contributed by atoms with van der Waals surface area (Å²) >= 11 is 1.69. The molecule has 0 fully saturated rings. The highest BCUT2D eigenvalue weighted by Crippen LogP contribution is 2.25. The van der Waals surface area contributed by atoms with E-state index < -0.39 is 5.54 Å². The molecule has 0 spiro atoms. The number of benzene rings is 2. The van der Waals surface area contributed by atoms with Crippen molar-refractivity contribution in [3.8, 4) is 5.75 Å². The first-order valence-electron chi connectivity index (χ1n) is 11.0. The van der Waals surface area contributed by atoms with Gasteiger partial charge >= 0.3 is 0 Å². The van der Waals surface area contributed by atoms with E-state index in [1.54, 1.807) is 41.5 Å². The molecule has 6 heteroatoms. The van der Waals surface area contributed by atoms with E-state index in [9.17, 15) is 9.59 Å². The van der Waals surface area contributed by atoms with Crippen LogP contribution in [0.25, 0.3) is 0 Å². The van der Waals surface area contributed by atoms with E-state index in [0.29, 0.717) is 24.4 Å². The molecule has 0 radical (unpaired) electrons. The third kappa shape index (κ3) is 6.45. The molecule has 2 amide bonds. The Hall–Kier alpha value is -3.12. The highest BCUT2D eigenvalue weighted by atomic mass is 32.1. The van der Waals surface area contributed by atoms with E-state index >= 15 is 0 Å². The van der Waals surface area contributed by atoms with Gasteiger partial charge in [0.2, 0.25) is 5.91 Å². The second kappa shape index (κ2) is 10.7. The van der Waals surface area contributed by atoms with Crippen LogP contribution >= 0.6 is 11.3 Å². The molecule has 1 aromatic heterocycles. The van der Waals surface area contributed by atoms with Crippen LogP contribution in [0.15, 0.2) is 66.7 Å². The van der Waals surface area contributed by atoms with Crippen molar-refractivity contribution in [2.45, 2.75) is 46.3 Å². The van der Waals surface area contributed by atoms with Gasteiger partial charge in [0.25, 0.3) is 5.91 Å². The van der Waals surface area contributed by atoms with Gasteiger partial charge in [-0.05, 0) is 57.5 Å². The van der Waals surface area contributed by atoms with E-state index in [-0.39, 0.29) is 18.4 Å². The maximum absolute atomic E-state index is 13.6. The molecule has 3 aromatic rings. The van der Waals surface area contributed by atoms with Gasteiger partial charge in [-0.3, -0.25) is 9.59 Å². The first-order valence-corrected chi connectivity index (χ1v) is 11.8. The summed E-state index contributed by atoms with van der Waals surface area (Å²) in [7, 11) is 1.54. The Kier molecular flexibility index (Phi) is 7.92. The van der Waals surface area contributed by atoms with Crippen LogP contribution in [0.4, 0.5) is 0 Å². The van der Waals surface area contributed by atoms with Gasteiger partial charge in [-0.2, -0.15) is 0 Å². The standard InChI is InChI=1S/C27H32N2O3S/c1-20-15-16-22(33-20)18-28(17-21-11-7-6-8-12-21)25(30)19-29(27(2,3)4)26(31)23-13-9-10-14-24(23)32-5/h6-16H,17-19H2,1-5H3. The minimum Gasteiger partial charge on any atom is -0.496 e. The second-order valence-corrected chi connectivity index (χ2v) is 10.4. The minimum absolute atomic E-state index is 0.0163. The molecule has 0 saturated carbocycles. The Labute approximate surface area is 200 Å². The van der Waals surface area contributed by atoms with Crippen LogP contribution in [0.3, 0.4) is 0 Å². The molecular formula is C27H32N2O3S. The number of hydrogen-bond donors (Lipinski definition) is 0. The van der Waals surface area contributed by atoms with Crippen LogP contribution in [-0.2, 0) is 17.9 Å². The summed E-state index contributed by atoms with van der Waals surface area (Å²) in [5, 5.41) is 0. The van der Waals surface area contributed by atoms with Gasteiger partial charge < -0.3 is 14.5 Å². The lowest BCUT2D eigenvalue weighted by atomic mass is 10.0. The third-order valence-electron chi connectivity index (χ3n) is 5.40. The zero-order valence-corrected chi connectivity index (χ0v) is 20.8. The van der Waals surface area contributed by atoms with E-state index in [1.165, 1.54) is 4.88 Å². The average Bonchev–Trinajstić information content (AvgIpc) is 3.20. The average molecular weight is 465 g/mol. The fourth-order valence-electron chi connectivity index (χ4n) is 3.61. The number of methoxy groups -OCH3 is 1. The van der Waals surface area contributed by atoms with Gasteiger partial charge in [0.05, 0.1) is 19.2 Å². The first-order chi connectivity index (χ1) is 15.7. The van der Waals surface area contributed by atoms with Crippen molar-refractivity contribution >= 4 is 23.2 Å². The summed E-state index contributed by atoms with van der Waals surface area (Å²) in [4.78, 5) is 32.9. The number of thiophene rings is 1. The molecule has 2 aromatic carbocycles. The molecule has 0 saturated heterocycles. The number of ether oxygens (including phenoxy) is 1. The molecule has 0 bridgehead atoms. The third-order valence-corrected chi connectivity index (χ3v) is 6.38. The lowest BCUT2D eigenvalue weighted by molar-refractivity contribution is -0.134. The summed E-state index contributed by atoms with van der Waals surface area (Å²) in [6.07, 6.45) is 0. The maximum atomic E-state index is 13.6. The number of aryl methyl sites for hydroxylation is 1. The molecular weight excluding hydrogens is 432 g/mol. The lowest BCUT2D eigenvalue weighted by Gasteiger charge is -2.37. The molecule has 174 valence electrons. The monoisotopic (exact) mass is 464 g/mol. The van der Waals surface area contributed by atoms with Gasteiger partial charge in [-0.1, -0.05) is 42.5 Å². The first kappa shape index (κ1) is 24.5. The maximum Gasteiger partial charge on any atom is 0.258 e. The Morgan fingerprint density at radius 2 is 1.58 bits per heavy atom. The highest BCUT2D eigenvalue weighted by Gasteiger charge is 2.32. The SMILES string of the molecule is COc1ccccc1C(=O)N(CC(=O)N(Cc1ccccc1)Cc1ccc(C)s1)C(C)(C)C. The number of carbonyl (C=O) groups is 2. The van der Waals surface area contributed by atoms with Crippen molar-refractivity contribution in [1.29, 1.82) is 0 Å². The number of para-hydroxylation sites is 1. The van der Waals surface area contributed by atoms with Crippen LogP contribution in [0.2, 0.25) is 0 Å². The summed E-state index contributed by atoms with van der Waals surface area (Å²) in [5.74, 6) is 0.183. The number of hydrogen-bond acceptors (Lipinski definition) is 4. The second-order valence-electron chi connectivity index (χ2n) is 9.01. The molecule has 0 atom stereocenters. The summed E-state index contributed by atoms with van der Waals surface area (Å²) in [5.41, 5.74) is 0.953. The summed E-state index contributed by atoms with van der Waals surface area (Å²) < 4.78 is 5.40. The molecule has 0 N–H and O–H groups in total. The number of carbonyl (C=O) groups excluding carboxylic acids is 2. The van der Waals surface area contributed by atoms with Crippen LogP contribution in [0, 0.1) is 6.92 Å². The Morgan fingerprint density at radius 3 is 2.18 bits per heavy atom. The molecule has 3 rings (SSSR count). The predicted octanol–water partition coefficient (Wildman–Crippen LogP) is 5.53. The quantitative estimate of drug-likeness (QED) is 0.440. The van der Waals surface area contributed by atoms with Crippen LogP contribution in [-0.4, -0.2) is 40.8 Å². The molecule has 0 aliphatic heterocycles. The van der Waals surface area contributed by atoms with E-state index in [4.69, 9.17) is 4.74 Å². The Balaban J connectivity index is 1.88. The van der Waals surface area contributed by atoms with Gasteiger partial charge in [0, 0.05) is 21.8 Å². The lowest BCUT2D eigenvalue weighted by Crippen LogP contribution is -2.51. The van der Waals surface area contributed by atoms with Crippen LogP contribution < -0.4 is 4.74 Å². The highest BCUT2D eigenvalue weighted by molar-refractivity contribution is 7.11. The molecule has 0 aliphatic rings. The van der Waals surface area contributed by atoms with Crippen LogP contribution in [0.5, 0.6) is 5.75 Å². The molecule has 33 heavy (non-hydrogen) atoms. The predicted molar refractivity (Wildman–Crippen MR) is 134 cm³/mol. The van der Waals surface area contributed by atoms with Gasteiger partial charge in [0.15, 0.2) is 0 Å². The van der Waals surface area contributed by atoms with E-state index in [0.717, 1.165) is 10.4 Å². The Bertz CT molecular complexity index is 1090. The topological polar surface area (TPSA) is 49.9 Å². The fraction of sp³-hybridized carbons (Fsp3) is 0.333. The molecule has 0 unspecified atom stereocenters. The largest absolute Gasteiger partial charge is 0.496 e. The normalized spacial score (nSPS) is 11.2. The van der Waals surface area contributed by atoms with Crippen molar-refractivity contribution in [1.82, 2.24) is 9.80 Å². The fourth-order valence-corrected chi connectivity index (χ4v) is 4.52. The van der Waals surface area contributed by atoms with Crippen molar-refractivity contribution in [2.75, 3.05) is 13.7 Å². The number of amides is 2. The Morgan fingerprint density at radius 1 is 0.909 bits per heavy atom. The van der Waals surface area contributed by atoms with Crippen molar-refractivity contribution < 1.29 is 14.3 Å².